The Balaban J connectivity index is 1.49. The SMILES string of the molecule is CNC(=O)c1c(C)cc2cc(Oc3ccnn4cc(C(=O)N5CC[C@](C)(O)C5)c(C)c34)ccn12. The molecule has 2 amide bonds. The van der Waals surface area contributed by atoms with Crippen molar-refractivity contribution in [3.8, 4) is 11.5 Å². The molecule has 2 N–H and O–H groups in total. The van der Waals surface area contributed by atoms with Crippen molar-refractivity contribution >= 4 is 22.8 Å². The van der Waals surface area contributed by atoms with E-state index in [1.165, 1.54) is 0 Å². The van der Waals surface area contributed by atoms with Crippen LogP contribution in [0.4, 0.5) is 0 Å². The minimum atomic E-state index is -0.858. The summed E-state index contributed by atoms with van der Waals surface area (Å²) in [4.78, 5) is 27.1. The number of likely N-dealkylation sites (tertiary alicyclic amines) is 1. The van der Waals surface area contributed by atoms with Crippen LogP contribution in [0.2, 0.25) is 0 Å². The monoisotopic (exact) mass is 461 g/mol. The fourth-order valence-electron chi connectivity index (χ4n) is 4.70. The van der Waals surface area contributed by atoms with Gasteiger partial charge in [0.2, 0.25) is 0 Å². The lowest BCUT2D eigenvalue weighted by atomic mass is 10.1. The van der Waals surface area contributed by atoms with Crippen molar-refractivity contribution in [2.24, 2.45) is 0 Å². The highest BCUT2D eigenvalue weighted by Gasteiger charge is 2.35. The summed E-state index contributed by atoms with van der Waals surface area (Å²) in [5.74, 6) is 0.894. The molecule has 0 bridgehead atoms. The molecule has 0 saturated carbocycles. The maximum absolute atomic E-state index is 13.2. The summed E-state index contributed by atoms with van der Waals surface area (Å²) in [6.45, 7) is 6.34. The first-order valence-corrected chi connectivity index (χ1v) is 11.2. The quantitative estimate of drug-likeness (QED) is 0.487. The lowest BCUT2D eigenvalue weighted by molar-refractivity contribution is 0.0572. The number of carbonyl (C=O) groups is 2. The molecule has 1 aliphatic heterocycles. The van der Waals surface area contributed by atoms with Gasteiger partial charge in [-0.1, -0.05) is 0 Å². The third-order valence-electron chi connectivity index (χ3n) is 6.46. The zero-order chi connectivity index (χ0) is 24.2. The third-order valence-corrected chi connectivity index (χ3v) is 6.46. The molecule has 5 heterocycles. The van der Waals surface area contributed by atoms with Gasteiger partial charge in [0.05, 0.1) is 17.4 Å². The average Bonchev–Trinajstić information content (AvgIpc) is 3.45. The molecule has 0 radical (unpaired) electrons. The number of aliphatic hydroxyl groups is 1. The molecule has 4 aromatic rings. The predicted octanol–water partition coefficient (Wildman–Crippen LogP) is 2.95. The number of hydrogen-bond donors (Lipinski definition) is 2. The first kappa shape index (κ1) is 22.0. The number of hydrogen-bond acceptors (Lipinski definition) is 5. The van der Waals surface area contributed by atoms with Crippen LogP contribution in [0.1, 0.15) is 45.3 Å². The lowest BCUT2D eigenvalue weighted by Crippen LogP contribution is -2.34. The fourth-order valence-corrected chi connectivity index (χ4v) is 4.70. The Morgan fingerprint density at radius 3 is 2.74 bits per heavy atom. The molecule has 34 heavy (non-hydrogen) atoms. The van der Waals surface area contributed by atoms with E-state index >= 15 is 0 Å². The smallest absolute Gasteiger partial charge is 0.268 e. The van der Waals surface area contributed by atoms with Crippen molar-refractivity contribution in [3.63, 3.8) is 0 Å². The van der Waals surface area contributed by atoms with Crippen LogP contribution in [-0.4, -0.2) is 61.6 Å². The average molecular weight is 462 g/mol. The van der Waals surface area contributed by atoms with Crippen molar-refractivity contribution in [1.82, 2.24) is 24.2 Å². The Hall–Kier alpha value is -3.85. The number of ether oxygens (including phenoxy) is 1. The maximum atomic E-state index is 13.2. The maximum Gasteiger partial charge on any atom is 0.268 e. The molecule has 176 valence electrons. The summed E-state index contributed by atoms with van der Waals surface area (Å²) in [6.07, 6.45) is 5.70. The number of carbonyl (C=O) groups excluding carboxylic acids is 2. The van der Waals surface area contributed by atoms with Gasteiger partial charge in [0.1, 0.15) is 17.0 Å². The van der Waals surface area contributed by atoms with Crippen molar-refractivity contribution in [3.05, 3.63) is 65.2 Å². The molecule has 4 aromatic heterocycles. The van der Waals surface area contributed by atoms with Gasteiger partial charge in [0.25, 0.3) is 11.8 Å². The summed E-state index contributed by atoms with van der Waals surface area (Å²) in [5.41, 5.74) is 3.44. The summed E-state index contributed by atoms with van der Waals surface area (Å²) in [5, 5.41) is 17.3. The topological polar surface area (TPSA) is 101 Å². The minimum absolute atomic E-state index is 0.126. The number of aryl methyl sites for hydroxylation is 2. The zero-order valence-electron chi connectivity index (χ0n) is 19.6. The first-order valence-electron chi connectivity index (χ1n) is 11.2. The minimum Gasteiger partial charge on any atom is -0.455 e. The van der Waals surface area contributed by atoms with Crippen molar-refractivity contribution in [2.45, 2.75) is 32.8 Å². The lowest BCUT2D eigenvalue weighted by Gasteiger charge is -2.18. The van der Waals surface area contributed by atoms with Crippen molar-refractivity contribution in [1.29, 1.82) is 0 Å². The van der Waals surface area contributed by atoms with Gasteiger partial charge in [-0.25, -0.2) is 4.52 Å². The van der Waals surface area contributed by atoms with Gasteiger partial charge in [-0.05, 0) is 50.5 Å². The molecular weight excluding hydrogens is 434 g/mol. The van der Waals surface area contributed by atoms with Crippen molar-refractivity contribution < 1.29 is 19.4 Å². The molecule has 1 saturated heterocycles. The van der Waals surface area contributed by atoms with Gasteiger partial charge in [-0.15, -0.1) is 0 Å². The van der Waals surface area contributed by atoms with Crippen LogP contribution in [0.5, 0.6) is 11.5 Å². The van der Waals surface area contributed by atoms with Gasteiger partial charge < -0.3 is 24.5 Å². The van der Waals surface area contributed by atoms with Crippen molar-refractivity contribution in [2.75, 3.05) is 20.1 Å². The van der Waals surface area contributed by atoms with Gasteiger partial charge in [-0.3, -0.25) is 9.59 Å². The predicted molar refractivity (Wildman–Crippen MR) is 127 cm³/mol. The second-order valence-electron chi connectivity index (χ2n) is 9.14. The standard InChI is InChI=1S/C25H27N5O4/c1-15-11-17-12-18(6-9-29(17)21(15)23(31)26-4)34-20-5-8-27-30-13-19(16(2)22(20)30)24(32)28-10-7-25(3,33)14-28/h5-6,8-9,11-13,33H,7,10,14H2,1-4H3,(H,26,31)/t25-/m0/s1. The van der Waals surface area contributed by atoms with E-state index in [2.05, 4.69) is 10.4 Å². The number of pyridine rings is 1. The molecule has 1 aliphatic rings. The molecule has 9 heteroatoms. The highest BCUT2D eigenvalue weighted by molar-refractivity contribution is 5.98. The number of rotatable bonds is 4. The van der Waals surface area contributed by atoms with Crippen LogP contribution in [0.15, 0.2) is 42.9 Å². The molecular formula is C25H27N5O4. The van der Waals surface area contributed by atoms with Gasteiger partial charge >= 0.3 is 0 Å². The number of aromatic nitrogens is 3. The number of nitrogens with one attached hydrogen (secondary N) is 1. The molecule has 1 atom stereocenters. The zero-order valence-corrected chi connectivity index (χ0v) is 19.6. The van der Waals surface area contributed by atoms with Crippen LogP contribution in [0.3, 0.4) is 0 Å². The van der Waals surface area contributed by atoms with E-state index in [4.69, 9.17) is 4.74 Å². The molecule has 0 unspecified atom stereocenters. The molecule has 0 spiro atoms. The Morgan fingerprint density at radius 2 is 2.03 bits per heavy atom. The second kappa shape index (κ2) is 7.88. The first-order chi connectivity index (χ1) is 16.2. The van der Waals surface area contributed by atoms with Crippen LogP contribution >= 0.6 is 0 Å². The summed E-state index contributed by atoms with van der Waals surface area (Å²) < 4.78 is 9.70. The van der Waals surface area contributed by atoms with E-state index in [1.807, 2.05) is 30.4 Å². The Labute approximate surface area is 196 Å². The summed E-state index contributed by atoms with van der Waals surface area (Å²) >= 11 is 0. The van der Waals surface area contributed by atoms with Crippen LogP contribution in [0, 0.1) is 13.8 Å². The van der Waals surface area contributed by atoms with E-state index in [0.29, 0.717) is 47.8 Å². The number of β-amino-alcohol motifs (C(OH)–C–C–N with tert-alkyl or cyclic N) is 1. The summed E-state index contributed by atoms with van der Waals surface area (Å²) in [6, 6.07) is 7.37. The highest BCUT2D eigenvalue weighted by atomic mass is 16.5. The fraction of sp³-hybridized carbons (Fsp3) is 0.320. The normalized spacial score (nSPS) is 18.1. The largest absolute Gasteiger partial charge is 0.455 e. The number of nitrogens with zero attached hydrogens (tertiary/aromatic N) is 4. The molecule has 0 aliphatic carbocycles. The van der Waals surface area contributed by atoms with E-state index in [9.17, 15) is 14.7 Å². The van der Waals surface area contributed by atoms with Crippen LogP contribution < -0.4 is 10.1 Å². The Bertz CT molecular complexity index is 1450. The second-order valence-corrected chi connectivity index (χ2v) is 9.14. The van der Waals surface area contributed by atoms with Crippen LogP contribution in [-0.2, 0) is 0 Å². The van der Waals surface area contributed by atoms with Gasteiger partial charge in [0.15, 0.2) is 5.75 Å². The van der Waals surface area contributed by atoms with E-state index in [1.54, 1.807) is 54.1 Å². The molecule has 0 aromatic carbocycles. The van der Waals surface area contributed by atoms with Crippen LogP contribution in [0.25, 0.3) is 11.0 Å². The van der Waals surface area contributed by atoms with E-state index < -0.39 is 5.60 Å². The van der Waals surface area contributed by atoms with E-state index in [0.717, 1.165) is 16.6 Å². The van der Waals surface area contributed by atoms with Gasteiger partial charge in [0, 0.05) is 50.2 Å². The Kier molecular flexibility index (Phi) is 5.09. The number of fused-ring (bicyclic) bond motifs is 2. The highest BCUT2D eigenvalue weighted by Crippen LogP contribution is 2.32. The third kappa shape index (κ3) is 3.58. The molecule has 5 rings (SSSR count). The number of amides is 2. The van der Waals surface area contributed by atoms with E-state index in [-0.39, 0.29) is 11.8 Å². The molecule has 1 fully saturated rings. The Morgan fingerprint density at radius 1 is 1.24 bits per heavy atom. The van der Waals surface area contributed by atoms with Gasteiger partial charge in [-0.2, -0.15) is 5.10 Å². The summed E-state index contributed by atoms with van der Waals surface area (Å²) in [7, 11) is 1.61. The molecule has 9 nitrogen and oxygen atoms in total.